The molecule has 1 atom stereocenters. The van der Waals surface area contributed by atoms with Crippen molar-refractivity contribution in [2.75, 3.05) is 0 Å². The summed E-state index contributed by atoms with van der Waals surface area (Å²) in [5.41, 5.74) is 1.67. The van der Waals surface area contributed by atoms with Crippen LogP contribution >= 0.6 is 0 Å². The van der Waals surface area contributed by atoms with Crippen LogP contribution in [-0.4, -0.2) is 5.11 Å². The molecule has 0 heterocycles. The van der Waals surface area contributed by atoms with Gasteiger partial charge in [0.1, 0.15) is 0 Å². The fourth-order valence-corrected chi connectivity index (χ4v) is 0.888. The Kier molecular flexibility index (Phi) is 2.30. The van der Waals surface area contributed by atoms with Crippen molar-refractivity contribution < 1.29 is 5.11 Å². The quantitative estimate of drug-likeness (QED) is 0.598. The molecule has 1 heteroatoms. The Hall–Kier alpha value is -1.26. The average Bonchev–Trinajstić information content (AvgIpc) is 2.05. The van der Waals surface area contributed by atoms with Gasteiger partial charge >= 0.3 is 0 Å². The number of hydrogen-bond acceptors (Lipinski definition) is 1. The first-order valence-corrected chi connectivity index (χ1v) is 3.48. The highest BCUT2D eigenvalue weighted by molar-refractivity contribution is 5.35. The van der Waals surface area contributed by atoms with Crippen molar-refractivity contribution >= 4 is 0 Å². The van der Waals surface area contributed by atoms with E-state index in [0.29, 0.717) is 0 Å². The van der Waals surface area contributed by atoms with Gasteiger partial charge in [-0.2, -0.15) is 0 Å². The summed E-state index contributed by atoms with van der Waals surface area (Å²) in [6.07, 6.45) is 4.75. The van der Waals surface area contributed by atoms with Crippen LogP contribution in [0.3, 0.4) is 0 Å². The van der Waals surface area contributed by atoms with Crippen molar-refractivity contribution in [3.8, 4) is 12.3 Å². The number of aliphatic hydroxyl groups excluding tert-OH is 1. The first-order chi connectivity index (χ1) is 5.24. The molecule has 0 amide bonds. The van der Waals surface area contributed by atoms with Crippen LogP contribution in [0, 0.1) is 12.3 Å². The number of hydrogen-bond donors (Lipinski definition) is 1. The molecular formula is C10H10O. The van der Waals surface area contributed by atoms with Crippen LogP contribution in [0.1, 0.15) is 24.2 Å². The second-order valence-electron chi connectivity index (χ2n) is 2.45. The summed E-state index contributed by atoms with van der Waals surface area (Å²) in [4.78, 5) is 0. The van der Waals surface area contributed by atoms with Crippen LogP contribution in [0.25, 0.3) is 0 Å². The van der Waals surface area contributed by atoms with Crippen LogP contribution in [0.4, 0.5) is 0 Å². The van der Waals surface area contributed by atoms with E-state index in [1.165, 1.54) is 0 Å². The highest BCUT2D eigenvalue weighted by atomic mass is 16.3. The highest BCUT2D eigenvalue weighted by Gasteiger charge is 1.98. The number of benzene rings is 1. The molecule has 56 valence electrons. The third-order valence-electron chi connectivity index (χ3n) is 1.54. The van der Waals surface area contributed by atoms with Gasteiger partial charge in [-0.15, -0.1) is 6.42 Å². The Labute approximate surface area is 66.7 Å². The minimum atomic E-state index is -0.441. The summed E-state index contributed by atoms with van der Waals surface area (Å²) < 4.78 is 0. The van der Waals surface area contributed by atoms with Crippen LogP contribution in [0.5, 0.6) is 0 Å². The molecule has 0 fully saturated rings. The third kappa shape index (κ3) is 1.83. The van der Waals surface area contributed by atoms with Crippen LogP contribution in [0.2, 0.25) is 0 Å². The summed E-state index contributed by atoms with van der Waals surface area (Å²) in [6, 6.07) is 7.35. The van der Waals surface area contributed by atoms with Crippen molar-refractivity contribution in [2.45, 2.75) is 13.0 Å². The SMILES string of the molecule is C#Cc1cccc([C@H](C)O)c1. The van der Waals surface area contributed by atoms with Gasteiger partial charge in [-0.25, -0.2) is 0 Å². The van der Waals surface area contributed by atoms with E-state index in [4.69, 9.17) is 6.42 Å². The predicted molar refractivity (Wildman–Crippen MR) is 45.0 cm³/mol. The van der Waals surface area contributed by atoms with E-state index >= 15 is 0 Å². The minimum Gasteiger partial charge on any atom is -0.389 e. The van der Waals surface area contributed by atoms with Crippen molar-refractivity contribution in [2.24, 2.45) is 0 Å². The maximum absolute atomic E-state index is 9.18. The van der Waals surface area contributed by atoms with Gasteiger partial charge in [0.05, 0.1) is 6.10 Å². The minimum absolute atomic E-state index is 0.441. The van der Waals surface area contributed by atoms with Gasteiger partial charge in [-0.1, -0.05) is 18.1 Å². The summed E-state index contributed by atoms with van der Waals surface area (Å²) in [5.74, 6) is 2.51. The zero-order valence-electron chi connectivity index (χ0n) is 6.41. The molecule has 0 radical (unpaired) electrons. The first-order valence-electron chi connectivity index (χ1n) is 3.48. The number of rotatable bonds is 1. The molecule has 0 saturated carbocycles. The molecular weight excluding hydrogens is 136 g/mol. The fourth-order valence-electron chi connectivity index (χ4n) is 0.888. The lowest BCUT2D eigenvalue weighted by molar-refractivity contribution is 0.199. The zero-order chi connectivity index (χ0) is 8.27. The molecule has 1 aromatic rings. The molecule has 0 aliphatic rings. The maximum Gasteiger partial charge on any atom is 0.0762 e. The smallest absolute Gasteiger partial charge is 0.0762 e. The molecule has 1 nitrogen and oxygen atoms in total. The molecule has 0 aromatic heterocycles. The van der Waals surface area contributed by atoms with E-state index < -0.39 is 6.10 Å². The largest absolute Gasteiger partial charge is 0.389 e. The Morgan fingerprint density at radius 2 is 2.27 bits per heavy atom. The maximum atomic E-state index is 9.18. The van der Waals surface area contributed by atoms with Gasteiger partial charge in [0, 0.05) is 5.56 Å². The van der Waals surface area contributed by atoms with Crippen molar-refractivity contribution in [3.63, 3.8) is 0 Å². The summed E-state index contributed by atoms with van der Waals surface area (Å²) in [5, 5.41) is 9.18. The van der Waals surface area contributed by atoms with Gasteiger partial charge in [0.15, 0.2) is 0 Å². The molecule has 0 bridgehead atoms. The Balaban J connectivity index is 3.03. The lowest BCUT2D eigenvalue weighted by Crippen LogP contribution is -1.90. The molecule has 0 aliphatic heterocycles. The van der Waals surface area contributed by atoms with Crippen molar-refractivity contribution in [1.29, 1.82) is 0 Å². The standard InChI is InChI=1S/C10H10O/c1-3-9-5-4-6-10(7-9)8(2)11/h1,4-8,11H,2H3/t8-/m0/s1. The van der Waals surface area contributed by atoms with E-state index in [-0.39, 0.29) is 0 Å². The van der Waals surface area contributed by atoms with Gasteiger partial charge in [-0.3, -0.25) is 0 Å². The number of terminal acetylenes is 1. The van der Waals surface area contributed by atoms with E-state index in [1.54, 1.807) is 6.92 Å². The Morgan fingerprint density at radius 1 is 1.55 bits per heavy atom. The lowest BCUT2D eigenvalue weighted by atomic mass is 10.1. The van der Waals surface area contributed by atoms with E-state index in [9.17, 15) is 5.11 Å². The predicted octanol–water partition coefficient (Wildman–Crippen LogP) is 1.72. The Bertz CT molecular complexity index is 281. The van der Waals surface area contributed by atoms with Crippen molar-refractivity contribution in [1.82, 2.24) is 0 Å². The van der Waals surface area contributed by atoms with Crippen LogP contribution in [-0.2, 0) is 0 Å². The van der Waals surface area contributed by atoms with Crippen molar-refractivity contribution in [3.05, 3.63) is 35.4 Å². The van der Waals surface area contributed by atoms with Gasteiger partial charge in [0.2, 0.25) is 0 Å². The molecule has 0 unspecified atom stereocenters. The number of aliphatic hydroxyl groups is 1. The van der Waals surface area contributed by atoms with Gasteiger partial charge in [-0.05, 0) is 24.6 Å². The summed E-state index contributed by atoms with van der Waals surface area (Å²) >= 11 is 0. The van der Waals surface area contributed by atoms with E-state index in [2.05, 4.69) is 5.92 Å². The second-order valence-corrected chi connectivity index (χ2v) is 2.45. The Morgan fingerprint density at radius 3 is 2.82 bits per heavy atom. The normalized spacial score (nSPS) is 12.1. The topological polar surface area (TPSA) is 20.2 Å². The molecule has 1 aromatic carbocycles. The molecule has 11 heavy (non-hydrogen) atoms. The molecule has 1 rings (SSSR count). The second kappa shape index (κ2) is 3.23. The third-order valence-corrected chi connectivity index (χ3v) is 1.54. The average molecular weight is 146 g/mol. The van der Waals surface area contributed by atoms with E-state index in [1.807, 2.05) is 24.3 Å². The lowest BCUT2D eigenvalue weighted by Gasteiger charge is -2.03. The highest BCUT2D eigenvalue weighted by Crippen LogP contribution is 2.12. The van der Waals surface area contributed by atoms with E-state index in [0.717, 1.165) is 11.1 Å². The molecule has 0 aliphatic carbocycles. The monoisotopic (exact) mass is 146 g/mol. The molecule has 0 saturated heterocycles. The van der Waals surface area contributed by atoms with Crippen LogP contribution in [0.15, 0.2) is 24.3 Å². The fraction of sp³-hybridized carbons (Fsp3) is 0.200. The van der Waals surface area contributed by atoms with Gasteiger partial charge < -0.3 is 5.11 Å². The summed E-state index contributed by atoms with van der Waals surface area (Å²) in [6.45, 7) is 1.72. The summed E-state index contributed by atoms with van der Waals surface area (Å²) in [7, 11) is 0. The van der Waals surface area contributed by atoms with Gasteiger partial charge in [0.25, 0.3) is 0 Å². The van der Waals surface area contributed by atoms with Crippen LogP contribution < -0.4 is 0 Å². The zero-order valence-corrected chi connectivity index (χ0v) is 6.41. The first kappa shape index (κ1) is 7.84. The molecule has 0 spiro atoms. The molecule has 1 N–H and O–H groups in total.